The van der Waals surface area contributed by atoms with Crippen molar-refractivity contribution in [2.45, 2.75) is 176 Å². The molecule has 0 saturated carbocycles. The molecule has 12 rings (SSSR count). The van der Waals surface area contributed by atoms with Crippen molar-refractivity contribution in [2.24, 2.45) is 23.7 Å². The predicted octanol–water partition coefficient (Wildman–Crippen LogP) is 17.3. The number of rotatable bonds is 13. The zero-order valence-electron chi connectivity index (χ0n) is 58.0. The van der Waals surface area contributed by atoms with Crippen molar-refractivity contribution in [1.29, 1.82) is 10.5 Å². The van der Waals surface area contributed by atoms with E-state index in [2.05, 4.69) is 52.3 Å². The molecule has 4 aromatic rings. The normalized spacial score (nSPS) is 22.5. The summed E-state index contributed by atoms with van der Waals surface area (Å²) in [4.78, 5) is 26.7. The van der Waals surface area contributed by atoms with E-state index in [1.54, 1.807) is 14.7 Å². The average molecular weight is 1610 g/mol. The monoisotopic (exact) mass is 1610 g/mol. The summed E-state index contributed by atoms with van der Waals surface area (Å²) >= 11 is 2.73. The highest BCUT2D eigenvalue weighted by molar-refractivity contribution is 9.10. The van der Waals surface area contributed by atoms with E-state index in [4.69, 9.17) is 39.7 Å². The van der Waals surface area contributed by atoms with Crippen molar-refractivity contribution >= 4 is 44.9 Å². The van der Waals surface area contributed by atoms with Crippen LogP contribution in [0.4, 0.5) is 87.3 Å². The van der Waals surface area contributed by atoms with Gasteiger partial charge in [-0.1, -0.05) is 0 Å². The topological polar surface area (TPSA) is 218 Å². The smallest absolute Gasteiger partial charge is 0.481 e. The van der Waals surface area contributed by atoms with Gasteiger partial charge in [0.05, 0.1) is 95.3 Å². The summed E-state index contributed by atoms with van der Waals surface area (Å²) in [6.45, 7) is 7.05. The fraction of sp³-hybridized carbons (Fsp3) is 0.611. The third-order valence-corrected chi connectivity index (χ3v) is 21.0. The second-order valence-electron chi connectivity index (χ2n) is 27.8. The van der Waals surface area contributed by atoms with E-state index >= 15 is 0 Å². The van der Waals surface area contributed by atoms with Gasteiger partial charge in [0, 0.05) is 70.3 Å². The Bertz CT molecular complexity index is 3490. The fourth-order valence-corrected chi connectivity index (χ4v) is 14.8. The zero-order valence-corrected chi connectivity index (χ0v) is 59.6. The number of aliphatic carboxylic acids is 2. The number of ether oxygens (including phenoxy) is 8. The molecule has 4 atom stereocenters. The summed E-state index contributed by atoms with van der Waals surface area (Å²) in [5.41, 5.74) is -0.558. The van der Waals surface area contributed by atoms with Crippen LogP contribution in [0.5, 0.6) is 23.0 Å². The largest absolute Gasteiger partial charge is 0.573 e. The maximum absolute atomic E-state index is 14.1. The Morgan fingerprint density at radius 1 is 0.430 bits per heavy atom. The Morgan fingerprint density at radius 3 is 0.935 bits per heavy atom. The molecule has 8 aliphatic heterocycles. The molecular formula is C72H83BrF16N6O12. The van der Waals surface area contributed by atoms with Gasteiger partial charge in [-0.3, -0.25) is 9.59 Å². The molecule has 8 aliphatic rings. The van der Waals surface area contributed by atoms with Crippen molar-refractivity contribution in [1.82, 2.24) is 5.32 Å². The molecule has 3 N–H and O–H groups in total. The Hall–Kier alpha value is -7.44. The van der Waals surface area contributed by atoms with Gasteiger partial charge in [0.15, 0.2) is 0 Å². The van der Waals surface area contributed by atoms with Gasteiger partial charge in [0.1, 0.15) is 46.3 Å². The van der Waals surface area contributed by atoms with E-state index in [1.165, 1.54) is 6.42 Å². The molecular weight excluding hydrogens is 1520 g/mol. The van der Waals surface area contributed by atoms with Gasteiger partial charge >= 0.3 is 37.4 Å². The lowest BCUT2D eigenvalue weighted by molar-refractivity contribution is -0.275. The molecule has 0 radical (unpaired) electrons. The van der Waals surface area contributed by atoms with Crippen LogP contribution in [-0.4, -0.2) is 149 Å². The van der Waals surface area contributed by atoms with E-state index in [-0.39, 0.29) is 74.5 Å². The van der Waals surface area contributed by atoms with Gasteiger partial charge in [-0.25, -0.2) is 17.6 Å². The second kappa shape index (κ2) is 37.3. The Balaban J connectivity index is 0.000000174. The van der Waals surface area contributed by atoms with Crippen LogP contribution in [0.25, 0.3) is 0 Å². The van der Waals surface area contributed by atoms with Crippen LogP contribution in [-0.2, 0) is 28.5 Å². The number of benzene rings is 4. The molecule has 8 fully saturated rings. The molecule has 4 aromatic carbocycles. The highest BCUT2D eigenvalue weighted by Gasteiger charge is 2.45. The molecule has 107 heavy (non-hydrogen) atoms. The number of halogens is 17. The van der Waals surface area contributed by atoms with Crippen molar-refractivity contribution in [3.8, 4) is 35.1 Å². The molecule has 0 aliphatic carbocycles. The third kappa shape index (κ3) is 27.0. The van der Waals surface area contributed by atoms with Crippen LogP contribution in [0.3, 0.4) is 0 Å². The van der Waals surface area contributed by atoms with Crippen molar-refractivity contribution in [3.05, 3.63) is 101 Å². The van der Waals surface area contributed by atoms with Gasteiger partial charge in [0.25, 0.3) is 0 Å². The summed E-state index contributed by atoms with van der Waals surface area (Å²) in [7, 11) is 0. The number of hydrogen-bond donors (Lipinski definition) is 3. The molecule has 0 amide bonds. The number of nitriles is 2. The first kappa shape index (κ1) is 85.2. The lowest BCUT2D eigenvalue weighted by Gasteiger charge is -2.46. The fourth-order valence-electron chi connectivity index (χ4n) is 14.5. The minimum absolute atomic E-state index is 0.000187. The second-order valence-corrected chi connectivity index (χ2v) is 28.7. The number of piperidine rings is 4. The van der Waals surface area contributed by atoms with Crippen LogP contribution in [0.2, 0.25) is 0 Å². The highest BCUT2D eigenvalue weighted by Crippen LogP contribution is 2.45. The van der Waals surface area contributed by atoms with Crippen LogP contribution in [0.15, 0.2) is 77.3 Å². The SMILES string of the molecule is Fc1ccc(OC(F)(F)F)cc1Br.N#CCC1CCC2(CCN(c3cc(OC(F)(F)F)ccc3F)CC2)OC1.N#CCC1CCC2(CCNCC2)OC1.O=C(O)C[C@@H]1CCC2(CCN(c3cc(OC(F)(F)F)ccc3F)CC2)OC1.O=C(O)C[C@H]1CCC2(CCN(c3cc(OC(F)(F)F)ccc3F)CC2)OC1. The molecule has 0 bridgehead atoms. The number of anilines is 3. The first-order chi connectivity index (χ1) is 50.3. The number of carbonyl (C=O) groups is 2. The van der Waals surface area contributed by atoms with Crippen LogP contribution >= 0.6 is 15.9 Å². The van der Waals surface area contributed by atoms with E-state index in [1.807, 2.05) is 0 Å². The van der Waals surface area contributed by atoms with Gasteiger partial charge in [-0.15, -0.1) is 52.7 Å². The summed E-state index contributed by atoms with van der Waals surface area (Å²) in [6.07, 6.45) is -4.74. The van der Waals surface area contributed by atoms with Gasteiger partial charge in [-0.05, 0) is 210 Å². The summed E-state index contributed by atoms with van der Waals surface area (Å²) < 4.78 is 240. The van der Waals surface area contributed by atoms with Crippen molar-refractivity contribution in [3.63, 3.8) is 0 Å². The number of hydrogen-bond acceptors (Lipinski definition) is 16. The van der Waals surface area contributed by atoms with Gasteiger partial charge in [0.2, 0.25) is 0 Å². The third-order valence-electron chi connectivity index (χ3n) is 20.4. The summed E-state index contributed by atoms with van der Waals surface area (Å²) in [5, 5.41) is 38.5. The Kier molecular flexibility index (Phi) is 29.7. The van der Waals surface area contributed by atoms with E-state index < -0.39 is 83.7 Å². The number of carboxylic acid groups (broad SMARTS) is 2. The molecule has 8 saturated heterocycles. The Morgan fingerprint density at radius 2 is 0.692 bits per heavy atom. The average Bonchev–Trinajstić information content (AvgIpc) is 0.803. The van der Waals surface area contributed by atoms with Crippen LogP contribution in [0, 0.1) is 69.6 Å². The minimum atomic E-state index is -4.83. The maximum atomic E-state index is 14.1. The molecule has 18 nitrogen and oxygen atoms in total. The van der Waals surface area contributed by atoms with Crippen LogP contribution in [0.1, 0.15) is 128 Å². The van der Waals surface area contributed by atoms with E-state index in [9.17, 15) is 79.8 Å². The van der Waals surface area contributed by atoms with Crippen LogP contribution < -0.4 is 39.0 Å². The lowest BCUT2D eigenvalue weighted by atomic mass is 9.81. The molecule has 8 heterocycles. The molecule has 2 unspecified atom stereocenters. The number of nitrogens with zero attached hydrogens (tertiary/aromatic N) is 5. The summed E-state index contributed by atoms with van der Waals surface area (Å²) in [5.74, 6) is -5.16. The highest BCUT2D eigenvalue weighted by atomic mass is 79.9. The summed E-state index contributed by atoms with van der Waals surface area (Å²) in [6, 6.07) is 16.1. The molecule has 4 spiro atoms. The van der Waals surface area contributed by atoms with E-state index in [0.29, 0.717) is 116 Å². The standard InChI is InChI=1S/C18H20F4N2O2.2C18H21F4NO4.C11H18N2O.C7H3BrF4O/c19-15-2-1-14(26-18(20,21)22)11-16(15)24-9-6-17(7-10-24)5-3-13(4-8-23)12-25-17;2*19-14-2-1-13(27-18(20,21)22)10-15(14)23-7-5-17(6-8-23)4-3-12(11-26-17)9-16(24)25;12-6-2-10-1-3-11(14-9-10)4-7-13-8-5-11;8-5-3-4(1-2-6(5)9)13-7(10,11)12/h1-2,11,13H,3-7,9-10,12H2;2*1-2,10,12H,3-9,11H2,(H,24,25);10,13H,1-5,7-9H2;1-3H/t;2*12-;;/m.10../s1. The molecule has 0 aromatic heterocycles. The van der Waals surface area contributed by atoms with Crippen molar-refractivity contribution in [2.75, 3.05) is 93.5 Å². The van der Waals surface area contributed by atoms with Gasteiger partial charge < -0.3 is 68.1 Å². The first-order valence-electron chi connectivity index (χ1n) is 34.9. The zero-order chi connectivity index (χ0) is 78.0. The van der Waals surface area contributed by atoms with E-state index in [0.717, 1.165) is 150 Å². The first-order valence-corrected chi connectivity index (χ1v) is 35.7. The number of carboxylic acids is 2. The Labute approximate surface area is 615 Å². The number of alkyl halides is 12. The molecule has 592 valence electrons. The molecule has 35 heteroatoms. The quantitative estimate of drug-likeness (QED) is 0.106. The number of nitrogens with one attached hydrogen (secondary N) is 1. The minimum Gasteiger partial charge on any atom is -0.481 e. The predicted molar refractivity (Wildman–Crippen MR) is 357 cm³/mol. The van der Waals surface area contributed by atoms with Crippen molar-refractivity contribution < 1.29 is 128 Å². The van der Waals surface area contributed by atoms with Gasteiger partial charge in [-0.2, -0.15) is 10.5 Å². The lowest BCUT2D eigenvalue weighted by Crippen LogP contribution is -2.49. The maximum Gasteiger partial charge on any atom is 0.573 e.